The van der Waals surface area contributed by atoms with Gasteiger partial charge in [-0.25, -0.2) is 19.9 Å². The van der Waals surface area contributed by atoms with Gasteiger partial charge in [-0.2, -0.15) is 0 Å². The zero-order chi connectivity index (χ0) is 38.9. The summed E-state index contributed by atoms with van der Waals surface area (Å²) in [7, 11) is 0. The maximum Gasteiger partial charge on any atom is 0.164 e. The van der Waals surface area contributed by atoms with Gasteiger partial charge in [-0.3, -0.25) is 4.57 Å². The summed E-state index contributed by atoms with van der Waals surface area (Å²) in [5.41, 5.74) is 11.7. The SMILES string of the molecule is c1ccc(-c2nc(-c3cccc(-c4cccc5c4oc4ccccc45)c3)nc(-c3cccc4oc5cccc(-c6nc7ccccc7n6-c6ccccc6)c5c34)n2)cc1. The summed E-state index contributed by atoms with van der Waals surface area (Å²) in [4.78, 5) is 20.8. The highest BCUT2D eigenvalue weighted by Crippen LogP contribution is 2.43. The van der Waals surface area contributed by atoms with Crippen molar-refractivity contribution < 1.29 is 8.83 Å². The second-order valence-electron chi connectivity index (χ2n) is 14.6. The van der Waals surface area contributed by atoms with Gasteiger partial charge in [0.25, 0.3) is 0 Å². The number of nitrogens with zero attached hydrogens (tertiary/aromatic N) is 5. The molecule has 0 unspecified atom stereocenters. The topological polar surface area (TPSA) is 82.8 Å². The standard InChI is InChI=1S/C52H31N5O2/c1-3-15-32(16-4-1)49-54-50(34-18-11-17-33(31-34)36-22-12-23-38-37-21-7-10-28-43(37)59-48(36)38)56-51(55-49)39-24-13-29-44-46(39)47-40(25-14-30-45(47)58-44)52-53-41-26-8-9-27-42(41)57(52)35-19-5-2-6-20-35/h1-31H. The van der Waals surface area contributed by atoms with Crippen molar-refractivity contribution in [1.82, 2.24) is 24.5 Å². The Labute approximate surface area is 337 Å². The number of para-hydroxylation sites is 5. The fourth-order valence-electron chi connectivity index (χ4n) is 8.43. The lowest BCUT2D eigenvalue weighted by molar-refractivity contribution is 0.669. The molecule has 0 spiro atoms. The molecule has 4 aromatic heterocycles. The normalized spacial score (nSPS) is 11.7. The minimum absolute atomic E-state index is 0.540. The summed E-state index contributed by atoms with van der Waals surface area (Å²) in [6, 6.07) is 63.7. The van der Waals surface area contributed by atoms with Crippen LogP contribution < -0.4 is 0 Å². The second-order valence-corrected chi connectivity index (χ2v) is 14.6. The molecule has 0 fully saturated rings. The fourth-order valence-corrected chi connectivity index (χ4v) is 8.43. The Morgan fingerprint density at radius 1 is 0.373 bits per heavy atom. The average molecular weight is 758 g/mol. The third-order valence-corrected chi connectivity index (χ3v) is 11.1. The summed E-state index contributed by atoms with van der Waals surface area (Å²) >= 11 is 0. The van der Waals surface area contributed by atoms with Gasteiger partial charge in [0.1, 0.15) is 28.2 Å². The third kappa shape index (κ3) is 5.36. The van der Waals surface area contributed by atoms with Crippen LogP contribution in [-0.4, -0.2) is 24.5 Å². The lowest BCUT2D eigenvalue weighted by atomic mass is 10.00. The molecule has 0 bridgehead atoms. The van der Waals surface area contributed by atoms with Crippen LogP contribution in [0.5, 0.6) is 0 Å². The van der Waals surface area contributed by atoms with Crippen LogP contribution in [0.4, 0.5) is 0 Å². The van der Waals surface area contributed by atoms with Gasteiger partial charge in [0.2, 0.25) is 0 Å². The molecule has 0 saturated carbocycles. The molecule has 7 heteroatoms. The van der Waals surface area contributed by atoms with E-state index in [0.717, 1.165) is 99.8 Å². The van der Waals surface area contributed by atoms with Crippen LogP contribution in [0.15, 0.2) is 197 Å². The van der Waals surface area contributed by atoms with Crippen molar-refractivity contribution >= 4 is 54.9 Å². The Morgan fingerprint density at radius 2 is 0.949 bits per heavy atom. The van der Waals surface area contributed by atoms with E-state index in [-0.39, 0.29) is 0 Å². The van der Waals surface area contributed by atoms with E-state index in [9.17, 15) is 0 Å². The number of furan rings is 2. The molecule has 0 aliphatic carbocycles. The average Bonchev–Trinajstić information content (AvgIpc) is 4.01. The van der Waals surface area contributed by atoms with Crippen molar-refractivity contribution in [2.75, 3.05) is 0 Å². The molecule has 59 heavy (non-hydrogen) atoms. The molecule has 0 saturated heterocycles. The first-order valence-electron chi connectivity index (χ1n) is 19.6. The highest BCUT2D eigenvalue weighted by atomic mass is 16.3. The molecule has 8 aromatic carbocycles. The maximum absolute atomic E-state index is 6.63. The van der Waals surface area contributed by atoms with E-state index in [1.165, 1.54) is 0 Å². The van der Waals surface area contributed by atoms with Crippen LogP contribution in [0.1, 0.15) is 0 Å². The monoisotopic (exact) mass is 757 g/mol. The molecular formula is C52H31N5O2. The molecular weight excluding hydrogens is 727 g/mol. The molecule has 0 atom stereocenters. The predicted octanol–water partition coefficient (Wildman–Crippen LogP) is 13.3. The third-order valence-electron chi connectivity index (χ3n) is 11.1. The van der Waals surface area contributed by atoms with Crippen LogP contribution in [-0.2, 0) is 0 Å². The molecule has 12 aromatic rings. The molecule has 12 rings (SSSR count). The molecule has 0 radical (unpaired) electrons. The zero-order valence-corrected chi connectivity index (χ0v) is 31.5. The van der Waals surface area contributed by atoms with Gasteiger partial charge in [0.05, 0.1) is 11.0 Å². The molecule has 0 aliphatic rings. The van der Waals surface area contributed by atoms with Crippen molar-refractivity contribution in [3.8, 4) is 62.4 Å². The number of benzene rings is 8. The van der Waals surface area contributed by atoms with Gasteiger partial charge in [0, 0.05) is 55.0 Å². The largest absolute Gasteiger partial charge is 0.456 e. The van der Waals surface area contributed by atoms with Crippen LogP contribution in [0, 0.1) is 0 Å². The first-order valence-corrected chi connectivity index (χ1v) is 19.6. The van der Waals surface area contributed by atoms with E-state index < -0.39 is 0 Å². The lowest BCUT2D eigenvalue weighted by Crippen LogP contribution is -2.01. The summed E-state index contributed by atoms with van der Waals surface area (Å²) < 4.78 is 15.3. The van der Waals surface area contributed by atoms with E-state index in [2.05, 4.69) is 102 Å². The summed E-state index contributed by atoms with van der Waals surface area (Å²) in [5, 5.41) is 4.02. The molecule has 4 heterocycles. The Kier molecular flexibility index (Phi) is 7.40. The van der Waals surface area contributed by atoms with Crippen molar-refractivity contribution in [1.29, 1.82) is 0 Å². The van der Waals surface area contributed by atoms with E-state index in [0.29, 0.717) is 17.5 Å². The highest BCUT2D eigenvalue weighted by molar-refractivity contribution is 6.17. The van der Waals surface area contributed by atoms with Crippen LogP contribution in [0.2, 0.25) is 0 Å². The number of imidazole rings is 1. The molecule has 0 N–H and O–H groups in total. The van der Waals surface area contributed by atoms with Crippen molar-refractivity contribution in [2.45, 2.75) is 0 Å². The Hall–Kier alpha value is -8.16. The van der Waals surface area contributed by atoms with Crippen LogP contribution >= 0.6 is 0 Å². The van der Waals surface area contributed by atoms with E-state index in [4.69, 9.17) is 28.8 Å². The van der Waals surface area contributed by atoms with Gasteiger partial charge in [-0.05, 0) is 54.1 Å². The maximum atomic E-state index is 6.63. The number of rotatable bonds is 6. The van der Waals surface area contributed by atoms with Gasteiger partial charge >= 0.3 is 0 Å². The smallest absolute Gasteiger partial charge is 0.164 e. The van der Waals surface area contributed by atoms with Gasteiger partial charge in [-0.1, -0.05) is 140 Å². The Morgan fingerprint density at radius 3 is 1.80 bits per heavy atom. The number of aromatic nitrogens is 5. The van der Waals surface area contributed by atoms with E-state index >= 15 is 0 Å². The van der Waals surface area contributed by atoms with Crippen LogP contribution in [0.25, 0.3) is 117 Å². The molecule has 276 valence electrons. The molecule has 7 nitrogen and oxygen atoms in total. The minimum Gasteiger partial charge on any atom is -0.456 e. The first kappa shape index (κ1) is 33.0. The second kappa shape index (κ2) is 13.2. The molecule has 0 aliphatic heterocycles. The summed E-state index contributed by atoms with van der Waals surface area (Å²) in [5.74, 6) is 2.49. The number of hydrogen-bond acceptors (Lipinski definition) is 6. The van der Waals surface area contributed by atoms with Crippen LogP contribution in [0.3, 0.4) is 0 Å². The van der Waals surface area contributed by atoms with Crippen molar-refractivity contribution in [2.24, 2.45) is 0 Å². The molecule has 0 amide bonds. The number of fused-ring (bicyclic) bond motifs is 7. The minimum atomic E-state index is 0.540. The van der Waals surface area contributed by atoms with Gasteiger partial charge < -0.3 is 8.83 Å². The summed E-state index contributed by atoms with van der Waals surface area (Å²) in [6.45, 7) is 0. The quantitative estimate of drug-likeness (QED) is 0.168. The Balaban J connectivity index is 1.08. The highest BCUT2D eigenvalue weighted by Gasteiger charge is 2.23. The predicted molar refractivity (Wildman–Crippen MR) is 236 cm³/mol. The summed E-state index contributed by atoms with van der Waals surface area (Å²) in [6.07, 6.45) is 0. The Bertz CT molecular complexity index is 3570. The lowest BCUT2D eigenvalue weighted by Gasteiger charge is -2.12. The van der Waals surface area contributed by atoms with E-state index in [1.807, 2.05) is 91.0 Å². The van der Waals surface area contributed by atoms with Crippen molar-refractivity contribution in [3.05, 3.63) is 188 Å². The zero-order valence-electron chi connectivity index (χ0n) is 31.5. The fraction of sp³-hybridized carbons (Fsp3) is 0. The van der Waals surface area contributed by atoms with E-state index in [1.54, 1.807) is 0 Å². The van der Waals surface area contributed by atoms with Gasteiger partial charge in [-0.15, -0.1) is 0 Å². The van der Waals surface area contributed by atoms with Crippen molar-refractivity contribution in [3.63, 3.8) is 0 Å². The first-order chi connectivity index (χ1) is 29.2. The number of hydrogen-bond donors (Lipinski definition) is 0. The van der Waals surface area contributed by atoms with Gasteiger partial charge in [0.15, 0.2) is 17.5 Å².